The molecule has 0 amide bonds. The van der Waals surface area contributed by atoms with Crippen LogP contribution in [-0.4, -0.2) is 14.0 Å². The summed E-state index contributed by atoms with van der Waals surface area (Å²) < 4.78 is 6.34. The number of nitrogens with zero attached hydrogens (tertiary/aromatic N) is 1. The van der Waals surface area contributed by atoms with Gasteiger partial charge in [0.2, 0.25) is 14.0 Å². The molecule has 2 rings (SSSR count). The highest BCUT2D eigenvalue weighted by molar-refractivity contribution is 7.50. The third-order valence-corrected chi connectivity index (χ3v) is 5.78. The summed E-state index contributed by atoms with van der Waals surface area (Å²) in [6.45, 7) is 20.4. The van der Waals surface area contributed by atoms with Gasteiger partial charge in [-0.2, -0.15) is 0 Å². The molecule has 0 heterocycles. The minimum atomic E-state index is -1.72. The van der Waals surface area contributed by atoms with Crippen molar-refractivity contribution in [3.63, 3.8) is 0 Å². The number of rotatable bonds is 3. The van der Waals surface area contributed by atoms with E-state index >= 15 is 0 Å². The number of hydrogen-bond donors (Lipinski definition) is 0. The third kappa shape index (κ3) is 5.65. The van der Waals surface area contributed by atoms with E-state index in [9.17, 15) is 0 Å². The number of hydrogen-bond acceptors (Lipinski definition) is 2. The monoisotopic (exact) mass is 373 g/mol. The molecule has 25 heavy (non-hydrogen) atoms. The van der Waals surface area contributed by atoms with E-state index in [1.807, 2.05) is 30.3 Å². The fraction of sp³-hybridized carbons (Fsp3) is 0.524. The standard InChI is InChI=1S/C21H32NOPSi/c1-20(2,3)16-17(21(4,5)6)18(16)24-19(23-25(7,8)9)22-15-13-11-10-12-14-15/h10-14H,1-9H3. The lowest BCUT2D eigenvalue weighted by molar-refractivity contribution is 0.563. The molecule has 0 aliphatic carbocycles. The zero-order valence-corrected chi connectivity index (χ0v) is 19.1. The zero-order chi connectivity index (χ0) is 19.0. The molecular formula is C21H32NOPSi. The molecule has 2 nitrogen and oxygen atoms in total. The van der Waals surface area contributed by atoms with Crippen molar-refractivity contribution < 1.29 is 4.43 Å². The van der Waals surface area contributed by atoms with Crippen LogP contribution in [0.5, 0.6) is 0 Å². The first-order valence-electron chi connectivity index (χ1n) is 8.96. The van der Waals surface area contributed by atoms with Crippen molar-refractivity contribution >= 4 is 27.8 Å². The van der Waals surface area contributed by atoms with Gasteiger partial charge in [-0.05, 0) is 53.7 Å². The molecule has 0 N–H and O–H groups in total. The summed E-state index contributed by atoms with van der Waals surface area (Å²) in [5.74, 6) is 0. The van der Waals surface area contributed by atoms with E-state index in [0.717, 1.165) is 19.5 Å². The van der Waals surface area contributed by atoms with Crippen molar-refractivity contribution in [3.05, 3.63) is 46.4 Å². The van der Waals surface area contributed by atoms with Crippen molar-refractivity contribution in [3.8, 4) is 0 Å². The van der Waals surface area contributed by atoms with Crippen LogP contribution in [0.3, 0.4) is 0 Å². The van der Waals surface area contributed by atoms with E-state index < -0.39 is 8.32 Å². The molecule has 4 heteroatoms. The molecule has 0 aliphatic rings. The second-order valence-electron chi connectivity index (χ2n) is 9.65. The van der Waals surface area contributed by atoms with Crippen molar-refractivity contribution in [1.29, 1.82) is 0 Å². The van der Waals surface area contributed by atoms with Gasteiger partial charge in [-0.1, -0.05) is 59.7 Å². The Morgan fingerprint density at radius 3 is 1.76 bits per heavy atom. The molecule has 0 bridgehead atoms. The molecule has 0 saturated heterocycles. The minimum Gasteiger partial charge on any atom is -0.528 e. The molecule has 0 aliphatic heterocycles. The van der Waals surface area contributed by atoms with Crippen LogP contribution in [0, 0.1) is 4.94 Å². The highest BCUT2D eigenvalue weighted by Gasteiger charge is 2.36. The summed E-state index contributed by atoms with van der Waals surface area (Å²) in [5, 5.41) is 0. The summed E-state index contributed by atoms with van der Waals surface area (Å²) >= 11 is 0. The van der Waals surface area contributed by atoms with Crippen LogP contribution in [0.25, 0.3) is 0 Å². The highest BCUT2D eigenvalue weighted by Crippen LogP contribution is 2.46. The second-order valence-corrected chi connectivity index (χ2v) is 15.1. The number of para-hydroxylation sites is 1. The van der Waals surface area contributed by atoms with Crippen molar-refractivity contribution in [2.45, 2.75) is 72.0 Å². The van der Waals surface area contributed by atoms with Gasteiger partial charge in [0.25, 0.3) is 0 Å². The summed E-state index contributed by atoms with van der Waals surface area (Å²) in [5.41, 5.74) is 5.13. The first kappa shape index (κ1) is 20.1. The molecule has 0 atom stereocenters. The summed E-state index contributed by atoms with van der Waals surface area (Å²) in [4.78, 5) is 6.25. The lowest BCUT2D eigenvalue weighted by Crippen LogP contribution is -2.27. The predicted octanol–water partition coefficient (Wildman–Crippen LogP) is 7.17. The van der Waals surface area contributed by atoms with Gasteiger partial charge < -0.3 is 4.43 Å². The van der Waals surface area contributed by atoms with Crippen LogP contribution in [0.15, 0.2) is 35.3 Å². The molecule has 0 aromatic heterocycles. The number of aliphatic imine (C=N–C) groups is 1. The van der Waals surface area contributed by atoms with Gasteiger partial charge in [0.1, 0.15) is 0 Å². The Labute approximate surface area is 156 Å². The van der Waals surface area contributed by atoms with E-state index in [4.69, 9.17) is 9.42 Å². The molecular weight excluding hydrogens is 341 g/mol. The van der Waals surface area contributed by atoms with Crippen LogP contribution < -0.4 is 0 Å². The maximum absolute atomic E-state index is 6.34. The molecule has 0 saturated carbocycles. The third-order valence-electron chi connectivity index (χ3n) is 3.75. The normalized spacial score (nSPS) is 14.4. The molecule has 0 fully saturated rings. The molecule has 0 unspecified atom stereocenters. The minimum absolute atomic E-state index is 0.169. The zero-order valence-electron chi connectivity index (χ0n) is 17.2. The highest BCUT2D eigenvalue weighted by atomic mass is 31.1. The van der Waals surface area contributed by atoms with Crippen LogP contribution in [-0.2, 0) is 15.3 Å². The molecule has 2 aromatic rings. The van der Waals surface area contributed by atoms with Crippen LogP contribution in [0.4, 0.5) is 5.69 Å². The summed E-state index contributed by atoms with van der Waals surface area (Å²) in [7, 11) is -0.614. The SMILES string of the molecule is CC(C)(C)c1c(C(C)(C)C)c1=PC(=Nc1ccccc1)O[Si](C)(C)C. The Morgan fingerprint density at radius 1 is 0.880 bits per heavy atom. The smallest absolute Gasteiger partial charge is 0.244 e. The van der Waals surface area contributed by atoms with Crippen molar-refractivity contribution in [2.24, 2.45) is 4.99 Å². The Hall–Kier alpha value is -1.18. The van der Waals surface area contributed by atoms with Gasteiger partial charge in [-0.15, -0.1) is 0 Å². The van der Waals surface area contributed by atoms with Gasteiger partial charge in [0.05, 0.1) is 5.69 Å². The van der Waals surface area contributed by atoms with E-state index in [-0.39, 0.29) is 10.8 Å². The molecule has 2 aromatic carbocycles. The quantitative estimate of drug-likeness (QED) is 0.242. The lowest BCUT2D eigenvalue weighted by atomic mass is 9.86. The van der Waals surface area contributed by atoms with Crippen LogP contribution in [0.2, 0.25) is 19.6 Å². The van der Waals surface area contributed by atoms with Gasteiger partial charge in [-0.25, -0.2) is 4.99 Å². The maximum atomic E-state index is 6.34. The fourth-order valence-electron chi connectivity index (χ4n) is 2.80. The first-order chi connectivity index (χ1) is 11.3. The lowest BCUT2D eigenvalue weighted by Gasteiger charge is -2.18. The van der Waals surface area contributed by atoms with Gasteiger partial charge >= 0.3 is 0 Å². The first-order valence-corrected chi connectivity index (χ1v) is 13.3. The Kier molecular flexibility index (Phi) is 5.52. The summed E-state index contributed by atoms with van der Waals surface area (Å²) in [6, 6.07) is 10.1. The van der Waals surface area contributed by atoms with E-state index in [2.05, 4.69) is 61.2 Å². The van der Waals surface area contributed by atoms with Gasteiger partial charge in [-0.3, -0.25) is 0 Å². The average Bonchev–Trinajstić information content (AvgIpc) is 3.12. The Bertz CT molecular complexity index is 747. The van der Waals surface area contributed by atoms with Crippen LogP contribution >= 0.6 is 8.20 Å². The van der Waals surface area contributed by atoms with Crippen molar-refractivity contribution in [2.75, 3.05) is 0 Å². The van der Waals surface area contributed by atoms with Crippen LogP contribution in [0.1, 0.15) is 52.7 Å². The number of benzene rings is 1. The van der Waals surface area contributed by atoms with Gasteiger partial charge in [0.15, 0.2) is 0 Å². The second kappa shape index (κ2) is 6.85. The molecule has 0 radical (unpaired) electrons. The van der Waals surface area contributed by atoms with E-state index in [0.29, 0.717) is 0 Å². The van der Waals surface area contributed by atoms with Crippen molar-refractivity contribution in [1.82, 2.24) is 0 Å². The largest absolute Gasteiger partial charge is 0.528 e. The predicted molar refractivity (Wildman–Crippen MR) is 114 cm³/mol. The van der Waals surface area contributed by atoms with E-state index in [1.54, 1.807) is 0 Å². The Balaban J connectivity index is 2.54. The topological polar surface area (TPSA) is 21.6 Å². The molecule has 0 spiro atoms. The maximum Gasteiger partial charge on any atom is 0.244 e. The average molecular weight is 374 g/mol. The molecule has 136 valence electrons. The van der Waals surface area contributed by atoms with Gasteiger partial charge in [0, 0.05) is 13.1 Å². The summed E-state index contributed by atoms with van der Waals surface area (Å²) in [6.07, 6.45) is 0. The fourth-order valence-corrected chi connectivity index (χ4v) is 5.82. The van der Waals surface area contributed by atoms with E-state index in [1.165, 1.54) is 16.1 Å². The Morgan fingerprint density at radius 2 is 1.36 bits per heavy atom.